The molecule has 0 amide bonds. The van der Waals surface area contributed by atoms with Gasteiger partial charge in [0.05, 0.1) is 13.2 Å². The van der Waals surface area contributed by atoms with Gasteiger partial charge in [-0.25, -0.2) is 0 Å². The number of benzene rings is 6. The summed E-state index contributed by atoms with van der Waals surface area (Å²) in [5.41, 5.74) is 10.7. The average molecular weight is 2080 g/mol. The second kappa shape index (κ2) is 64.3. The molecule has 6 aliphatic rings. The van der Waals surface area contributed by atoms with Gasteiger partial charge in [-0.15, -0.1) is 49.4 Å². The van der Waals surface area contributed by atoms with Gasteiger partial charge < -0.3 is 78.7 Å². The molecule has 127 heavy (non-hydrogen) atoms. The third kappa shape index (κ3) is 51.7. The third-order valence-electron chi connectivity index (χ3n) is 21.5. The van der Waals surface area contributed by atoms with Crippen LogP contribution in [0.4, 0.5) is 0 Å². The number of hydrogen-bond acceptors (Lipinski definition) is 18. The average Bonchev–Trinajstić information content (AvgIpc) is 1.62. The maximum Gasteiger partial charge on any atom is 3.00 e. The van der Waals surface area contributed by atoms with Crippen LogP contribution in [-0.2, 0) is 140 Å². The molecule has 0 unspecified atom stereocenters. The fourth-order valence-corrected chi connectivity index (χ4v) is 13.5. The molecular weight excluding hydrogens is 1910 g/mol. The van der Waals surface area contributed by atoms with Gasteiger partial charge in [-0.3, -0.25) is 9.80 Å². The van der Waals surface area contributed by atoms with Crippen molar-refractivity contribution in [3.63, 3.8) is 0 Å². The maximum atomic E-state index is 13.7. The van der Waals surface area contributed by atoms with Crippen LogP contribution in [0.25, 0.3) is 0 Å². The van der Waals surface area contributed by atoms with E-state index in [1.165, 1.54) is 77.0 Å². The topological polar surface area (TPSA) is 265 Å². The van der Waals surface area contributed by atoms with Gasteiger partial charge in [-0.05, 0) is 187 Å². The Morgan fingerprint density at radius 1 is 0.268 bits per heavy atom. The van der Waals surface area contributed by atoms with E-state index in [0.717, 1.165) is 157 Å². The minimum atomic E-state index is -0.292. The fourth-order valence-electron chi connectivity index (χ4n) is 13.5. The van der Waals surface area contributed by atoms with Crippen molar-refractivity contribution in [2.24, 2.45) is 0 Å². The van der Waals surface area contributed by atoms with E-state index in [-0.39, 0.29) is 207 Å². The second-order valence-electron chi connectivity index (χ2n) is 41.3. The van der Waals surface area contributed by atoms with Crippen molar-refractivity contribution in [3.8, 4) is 23.0 Å². The second-order valence-corrected chi connectivity index (χ2v) is 41.3. The van der Waals surface area contributed by atoms with E-state index in [0.29, 0.717) is 52.5 Å². The standard InChI is InChI=1S/2C34H54NO4.2C7H7O.6C4H8O.2Nd.Zn/c2*1-31(2,3)25-17-23(29(37)27(19-25)33(7,8)9)21-35(13-15-39-16-14-36)22-24-18-26(32(4,5)6)20-28(30(24)38)34(10,11)12;2*8-6-7-4-2-1-3-5-7;6*1-2-4-5-3-1;;;/h2*17-20,37-38H,13-16,21-22H2,1-12H3;2*1-5H,6H2;6*1-4H2;;;/q4*-1;;;;;;;2*+3;+2/p-4. The van der Waals surface area contributed by atoms with Crippen LogP contribution in [0.1, 0.15) is 321 Å². The molecule has 0 bridgehead atoms. The first-order valence-corrected chi connectivity index (χ1v) is 46.0. The van der Waals surface area contributed by atoms with Gasteiger partial charge in [0, 0.05) is 132 Å². The summed E-state index contributed by atoms with van der Waals surface area (Å²) in [7, 11) is 0. The Hall–Kier alpha value is -2.72. The Bertz CT molecular complexity index is 3320. The summed E-state index contributed by atoms with van der Waals surface area (Å²) in [6.45, 7) is 65.6. The van der Waals surface area contributed by atoms with E-state index >= 15 is 0 Å². The summed E-state index contributed by atoms with van der Waals surface area (Å²) < 4.78 is 40.8. The molecule has 21 heteroatoms. The van der Waals surface area contributed by atoms with Crippen molar-refractivity contribution < 1.29 is 180 Å². The van der Waals surface area contributed by atoms with Crippen LogP contribution in [0.3, 0.4) is 0 Å². The van der Waals surface area contributed by atoms with Crippen molar-refractivity contribution >= 4 is 0 Å². The molecule has 6 heterocycles. The molecule has 0 aliphatic carbocycles. The van der Waals surface area contributed by atoms with Crippen molar-refractivity contribution in [1.29, 1.82) is 0 Å². The van der Waals surface area contributed by atoms with Gasteiger partial charge in [0.2, 0.25) is 0 Å². The summed E-state index contributed by atoms with van der Waals surface area (Å²) in [5.74, 6) is 0.230. The minimum Gasteiger partial charge on any atom is -0.872 e. The van der Waals surface area contributed by atoms with E-state index in [1.54, 1.807) is 0 Å². The van der Waals surface area contributed by atoms with Gasteiger partial charge in [0.15, 0.2) is 0 Å². The zero-order chi connectivity index (χ0) is 92.8. The Kier molecular flexibility index (Phi) is 63.0. The van der Waals surface area contributed by atoms with Crippen molar-refractivity contribution in [2.75, 3.05) is 132 Å². The first-order valence-electron chi connectivity index (χ1n) is 46.0. The van der Waals surface area contributed by atoms with Crippen molar-refractivity contribution in [1.82, 2.24) is 9.80 Å². The molecule has 6 aromatic carbocycles. The normalized spacial score (nSPS) is 15.0. The summed E-state index contributed by atoms with van der Waals surface area (Å²) >= 11 is 0. The smallest absolute Gasteiger partial charge is 0.872 e. The van der Waals surface area contributed by atoms with E-state index in [1.807, 2.05) is 84.9 Å². The molecule has 0 N–H and O–H groups in total. The van der Waals surface area contributed by atoms with Crippen LogP contribution in [0, 0.1) is 81.7 Å². The molecule has 6 aromatic rings. The number of hydrogen-bond donors (Lipinski definition) is 0. The molecular formula is C106H166N2Nd2O16Zn. The molecule has 12 rings (SSSR count). The zero-order valence-electron chi connectivity index (χ0n) is 83.4. The van der Waals surface area contributed by atoms with E-state index in [4.69, 9.17) is 37.9 Å². The predicted molar refractivity (Wildman–Crippen MR) is 493 cm³/mol. The number of ether oxygens (including phenoxy) is 8. The third-order valence-corrected chi connectivity index (χ3v) is 21.5. The molecule has 18 nitrogen and oxygen atoms in total. The summed E-state index contributed by atoms with van der Waals surface area (Å²) in [4.78, 5) is 4.24. The Labute approximate surface area is 849 Å². The van der Waals surface area contributed by atoms with Crippen LogP contribution in [0.15, 0.2) is 109 Å². The quantitative estimate of drug-likeness (QED) is 0.0508. The molecule has 0 atom stereocenters. The molecule has 6 saturated heterocycles. The monoisotopic (exact) mass is 2070 g/mol. The fraction of sp³-hybridized carbons (Fsp3) is 0.660. The van der Waals surface area contributed by atoms with Crippen LogP contribution >= 0.6 is 0 Å². The molecule has 6 aliphatic heterocycles. The van der Waals surface area contributed by atoms with Crippen LogP contribution in [0.2, 0.25) is 0 Å². The number of rotatable bonds is 20. The van der Waals surface area contributed by atoms with Crippen molar-refractivity contribution in [2.45, 2.75) is 326 Å². The van der Waals surface area contributed by atoms with Crippen LogP contribution in [-0.4, -0.2) is 142 Å². The first kappa shape index (κ1) is 124. The summed E-state index contributed by atoms with van der Waals surface area (Å²) in [5, 5.41) is 97.1. The van der Waals surface area contributed by atoms with Gasteiger partial charge >= 0.3 is 101 Å². The van der Waals surface area contributed by atoms with E-state index < -0.39 is 0 Å². The summed E-state index contributed by atoms with van der Waals surface area (Å²) in [6, 6.07) is 35.0. The molecule has 6 fully saturated rings. The molecule has 2 radical (unpaired) electrons. The Morgan fingerprint density at radius 3 is 0.575 bits per heavy atom. The number of nitrogens with zero attached hydrogens (tertiary/aromatic N) is 2. The van der Waals surface area contributed by atoms with Gasteiger partial charge in [0.1, 0.15) is 0 Å². The van der Waals surface area contributed by atoms with Crippen LogP contribution < -0.4 is 40.9 Å². The van der Waals surface area contributed by atoms with E-state index in [2.05, 4.69) is 200 Å². The molecule has 0 aromatic heterocycles. The first-order chi connectivity index (χ1) is 58.2. The van der Waals surface area contributed by atoms with E-state index in [9.17, 15) is 40.9 Å². The van der Waals surface area contributed by atoms with Gasteiger partial charge in [0.25, 0.3) is 0 Å². The van der Waals surface area contributed by atoms with Crippen LogP contribution in [0.5, 0.6) is 23.0 Å². The minimum absolute atomic E-state index is 0. The molecule has 0 saturated carbocycles. The molecule has 0 spiro atoms. The summed E-state index contributed by atoms with van der Waals surface area (Å²) in [6.07, 6.45) is 15.3. The van der Waals surface area contributed by atoms with Gasteiger partial charge in [-0.2, -0.15) is 0 Å². The van der Waals surface area contributed by atoms with Gasteiger partial charge in [-0.1, -0.05) is 286 Å². The SMILES string of the molecule is C1CCOC1.C1CCOC1.C1CCOC1.C1CCOC1.C1CCOC1.C1CCOC1.CC(C)(C)c1cc(CN(CCOCC[O-])Cc2cc(C(C)(C)C)cc(C(C)(C)C)c2[O-])c([O-])c(C(C)(C)C)c1.CC(C)(C)c1cc(CN(CCOCC[O-])Cc2cc(C(C)(C)C)cc(C(C)(C)C)c2[O-])c([O-])c(C(C)(C)C)c1.[Nd+3].[Nd+3].[O-]Cc1ccccc1.[O-]Cc1ccccc1.[Zn+2]. The van der Waals surface area contributed by atoms with Crippen molar-refractivity contribution in [3.05, 3.63) is 187 Å². The Morgan fingerprint density at radius 2 is 0.449 bits per heavy atom. The largest absolute Gasteiger partial charge is 3.00 e. The molecule has 706 valence electrons. The Balaban J connectivity index is 0.00000162. The maximum absolute atomic E-state index is 13.7. The predicted octanol–water partition coefficient (Wildman–Crippen LogP) is 16.7. The zero-order valence-corrected chi connectivity index (χ0v) is 92.8.